The standard InChI is InChI=1S/C16H18N4/c1-13-9-14(2)16(15(3)10-13)19-8-7-18(11-19)12-20-6-4-5-17-20/h4-10H,12H2,1-3H3. The van der Waals surface area contributed by atoms with Crippen LogP contribution in [-0.2, 0) is 6.67 Å². The van der Waals surface area contributed by atoms with Gasteiger partial charge in [-0.25, -0.2) is 4.68 Å². The molecule has 2 aromatic heterocycles. The summed E-state index contributed by atoms with van der Waals surface area (Å²) < 4.78 is 5.91. The van der Waals surface area contributed by atoms with Gasteiger partial charge in [0.15, 0.2) is 6.67 Å². The minimum atomic E-state index is 0.671. The van der Waals surface area contributed by atoms with E-state index in [2.05, 4.69) is 44.3 Å². The van der Waals surface area contributed by atoms with Gasteiger partial charge in [0, 0.05) is 24.8 Å². The zero-order valence-corrected chi connectivity index (χ0v) is 12.0. The Morgan fingerprint density at radius 2 is 1.90 bits per heavy atom. The number of nitrogens with zero attached hydrogens (tertiary/aromatic N) is 4. The van der Waals surface area contributed by atoms with E-state index in [9.17, 15) is 0 Å². The van der Waals surface area contributed by atoms with E-state index in [-0.39, 0.29) is 0 Å². The second-order valence-electron chi connectivity index (χ2n) is 5.17. The number of aromatic nitrogens is 4. The van der Waals surface area contributed by atoms with Crippen LogP contribution in [0.5, 0.6) is 0 Å². The molecule has 3 rings (SSSR count). The van der Waals surface area contributed by atoms with E-state index in [0.29, 0.717) is 6.67 Å². The molecule has 102 valence electrons. The third-order valence-electron chi connectivity index (χ3n) is 3.36. The summed E-state index contributed by atoms with van der Waals surface area (Å²) in [4.78, 5) is 0. The fraction of sp³-hybridized carbons (Fsp3) is 0.250. The van der Waals surface area contributed by atoms with Crippen molar-refractivity contribution in [2.45, 2.75) is 27.4 Å². The topological polar surface area (TPSA) is 26.6 Å². The third-order valence-corrected chi connectivity index (χ3v) is 3.36. The molecule has 0 aliphatic heterocycles. The van der Waals surface area contributed by atoms with Crippen molar-refractivity contribution in [3.8, 4) is 5.69 Å². The van der Waals surface area contributed by atoms with Gasteiger partial charge in [-0.3, -0.25) is 0 Å². The van der Waals surface area contributed by atoms with Gasteiger partial charge >= 0.3 is 0 Å². The minimum Gasteiger partial charge on any atom is -0.326 e. The van der Waals surface area contributed by atoms with Gasteiger partial charge in [-0.2, -0.15) is 5.10 Å². The van der Waals surface area contributed by atoms with Gasteiger partial charge in [0.05, 0.1) is 5.69 Å². The fourth-order valence-electron chi connectivity index (χ4n) is 2.65. The van der Waals surface area contributed by atoms with Crippen LogP contribution in [-0.4, -0.2) is 14.3 Å². The molecule has 0 bridgehead atoms. The summed E-state index contributed by atoms with van der Waals surface area (Å²) in [7, 11) is 0. The van der Waals surface area contributed by atoms with Crippen molar-refractivity contribution < 1.29 is 4.57 Å². The molecule has 0 N–H and O–H groups in total. The normalized spacial score (nSPS) is 10.9. The predicted octanol–water partition coefficient (Wildman–Crippen LogP) is 2.19. The lowest BCUT2D eigenvalue weighted by atomic mass is 10.1. The van der Waals surface area contributed by atoms with E-state index < -0.39 is 0 Å². The van der Waals surface area contributed by atoms with E-state index in [4.69, 9.17) is 0 Å². The number of aryl methyl sites for hydroxylation is 3. The average Bonchev–Trinajstić information content (AvgIpc) is 3.00. The Kier molecular flexibility index (Phi) is 3.14. The van der Waals surface area contributed by atoms with Crippen molar-refractivity contribution in [1.29, 1.82) is 0 Å². The monoisotopic (exact) mass is 266 g/mol. The molecule has 20 heavy (non-hydrogen) atoms. The Balaban J connectivity index is 1.94. The largest absolute Gasteiger partial charge is 0.326 e. The van der Waals surface area contributed by atoms with Crippen LogP contribution in [0.15, 0.2) is 43.0 Å². The van der Waals surface area contributed by atoms with Gasteiger partial charge in [0.1, 0.15) is 0 Å². The molecule has 0 atom stereocenters. The van der Waals surface area contributed by atoms with Gasteiger partial charge in [0.2, 0.25) is 6.33 Å². The molecular weight excluding hydrogens is 248 g/mol. The van der Waals surface area contributed by atoms with Crippen molar-refractivity contribution in [2.24, 2.45) is 0 Å². The molecule has 2 heterocycles. The van der Waals surface area contributed by atoms with Crippen molar-refractivity contribution in [3.63, 3.8) is 0 Å². The lowest BCUT2D eigenvalue weighted by Crippen LogP contribution is -2.31. The molecule has 1 aromatic carbocycles. The highest BCUT2D eigenvalue weighted by Crippen LogP contribution is 2.15. The Hall–Kier alpha value is -2.36. The van der Waals surface area contributed by atoms with Crippen molar-refractivity contribution in [3.05, 3.63) is 66.0 Å². The predicted molar refractivity (Wildman–Crippen MR) is 76.6 cm³/mol. The van der Waals surface area contributed by atoms with Crippen LogP contribution in [0.25, 0.3) is 5.69 Å². The summed E-state index contributed by atoms with van der Waals surface area (Å²) in [5.74, 6) is 0. The molecule has 0 spiro atoms. The van der Waals surface area contributed by atoms with E-state index in [1.165, 1.54) is 22.4 Å². The lowest BCUT2D eigenvalue weighted by Gasteiger charge is -2.12. The number of benzene rings is 1. The number of rotatable bonds is 3. The first kappa shape index (κ1) is 12.7. The molecule has 0 amide bonds. The SMILES string of the molecule is Cc1cc(C)c(-[n+]2[c-]n(Cn3cccn3)cc2)c(C)c1. The second-order valence-corrected chi connectivity index (χ2v) is 5.17. The first-order valence-corrected chi connectivity index (χ1v) is 6.69. The maximum absolute atomic E-state index is 4.21. The Bertz CT molecular complexity index is 700. The second kappa shape index (κ2) is 4.96. The van der Waals surface area contributed by atoms with E-state index in [1.54, 1.807) is 6.20 Å². The van der Waals surface area contributed by atoms with Crippen LogP contribution in [0.2, 0.25) is 0 Å². The Labute approximate surface area is 118 Å². The zero-order chi connectivity index (χ0) is 14.1. The van der Waals surface area contributed by atoms with Crippen LogP contribution in [0.1, 0.15) is 16.7 Å². The molecule has 0 radical (unpaired) electrons. The van der Waals surface area contributed by atoms with E-state index >= 15 is 0 Å². The first-order chi connectivity index (χ1) is 9.63. The van der Waals surface area contributed by atoms with Crippen LogP contribution >= 0.6 is 0 Å². The number of hydrogen-bond donors (Lipinski definition) is 0. The quantitative estimate of drug-likeness (QED) is 0.527. The van der Waals surface area contributed by atoms with Crippen molar-refractivity contribution >= 4 is 0 Å². The maximum atomic E-state index is 4.21. The van der Waals surface area contributed by atoms with Gasteiger partial charge < -0.3 is 9.13 Å². The Morgan fingerprint density at radius 3 is 2.55 bits per heavy atom. The highest BCUT2D eigenvalue weighted by atomic mass is 15.3. The smallest absolute Gasteiger partial charge is 0.244 e. The molecule has 4 nitrogen and oxygen atoms in total. The van der Waals surface area contributed by atoms with Crippen molar-refractivity contribution in [1.82, 2.24) is 14.3 Å². The van der Waals surface area contributed by atoms with Crippen LogP contribution < -0.4 is 4.57 Å². The summed E-state index contributed by atoms with van der Waals surface area (Å²) >= 11 is 0. The molecule has 0 aliphatic carbocycles. The minimum absolute atomic E-state index is 0.671. The Morgan fingerprint density at radius 1 is 1.15 bits per heavy atom. The molecule has 0 unspecified atom stereocenters. The molecule has 0 aliphatic rings. The summed E-state index contributed by atoms with van der Waals surface area (Å²) in [6.45, 7) is 7.08. The van der Waals surface area contributed by atoms with Gasteiger partial charge in [-0.15, -0.1) is 0 Å². The molecule has 3 aromatic rings. The highest BCUT2D eigenvalue weighted by Gasteiger charge is 2.07. The zero-order valence-electron chi connectivity index (χ0n) is 12.0. The maximum Gasteiger partial charge on any atom is 0.244 e. The summed E-state index contributed by atoms with van der Waals surface area (Å²) in [5, 5.41) is 4.21. The fourth-order valence-corrected chi connectivity index (χ4v) is 2.65. The van der Waals surface area contributed by atoms with Gasteiger partial charge in [-0.05, 0) is 38.0 Å². The molecule has 4 heteroatoms. The van der Waals surface area contributed by atoms with Crippen LogP contribution in [0.3, 0.4) is 0 Å². The molecule has 0 saturated carbocycles. The number of hydrogen-bond acceptors (Lipinski definition) is 1. The van der Waals surface area contributed by atoms with Gasteiger partial charge in [-0.1, -0.05) is 17.7 Å². The summed E-state index contributed by atoms with van der Waals surface area (Å²) in [6.07, 6.45) is 11.1. The molecule has 0 saturated heterocycles. The average molecular weight is 266 g/mol. The first-order valence-electron chi connectivity index (χ1n) is 6.69. The highest BCUT2D eigenvalue weighted by molar-refractivity contribution is 5.43. The molecule has 0 fully saturated rings. The lowest BCUT2D eigenvalue weighted by molar-refractivity contribution is -0.600. The van der Waals surface area contributed by atoms with Crippen LogP contribution in [0, 0.1) is 27.1 Å². The van der Waals surface area contributed by atoms with Crippen molar-refractivity contribution in [2.75, 3.05) is 0 Å². The summed E-state index contributed by atoms with van der Waals surface area (Å²) in [6, 6.07) is 6.33. The van der Waals surface area contributed by atoms with E-state index in [1.807, 2.05) is 38.5 Å². The van der Waals surface area contributed by atoms with Crippen LogP contribution in [0.4, 0.5) is 0 Å². The molecular formula is C16H18N4. The van der Waals surface area contributed by atoms with E-state index in [0.717, 1.165) is 0 Å². The third kappa shape index (κ3) is 2.37. The van der Waals surface area contributed by atoms with Gasteiger partial charge in [0.25, 0.3) is 0 Å². The number of imidazole rings is 1. The summed E-state index contributed by atoms with van der Waals surface area (Å²) in [5.41, 5.74) is 5.02.